The molecule has 1 N–H and O–H groups in total. The average Bonchev–Trinajstić information content (AvgIpc) is 2.97. The van der Waals surface area contributed by atoms with Crippen LogP contribution in [0, 0.1) is 0 Å². The monoisotopic (exact) mass is 263 g/mol. The van der Waals surface area contributed by atoms with E-state index in [1.807, 2.05) is 18.2 Å². The van der Waals surface area contributed by atoms with Crippen molar-refractivity contribution in [2.45, 2.75) is 25.0 Å². The first-order valence-corrected chi connectivity index (χ1v) is 6.61. The van der Waals surface area contributed by atoms with Crippen molar-refractivity contribution in [3.8, 4) is 11.5 Å². The molecule has 2 aliphatic rings. The summed E-state index contributed by atoms with van der Waals surface area (Å²) in [4.78, 5) is 12.0. The van der Waals surface area contributed by atoms with Crippen molar-refractivity contribution in [2.75, 3.05) is 19.8 Å². The molecule has 1 fully saturated rings. The normalized spacial score (nSPS) is 25.1. The van der Waals surface area contributed by atoms with Gasteiger partial charge in [0, 0.05) is 13.2 Å². The zero-order valence-corrected chi connectivity index (χ0v) is 10.6. The molecule has 1 saturated heterocycles. The summed E-state index contributed by atoms with van der Waals surface area (Å²) in [6.07, 6.45) is 1.62. The SMILES string of the molecule is O=C(NC[C@@H]1CCCO1)[C@H]1COc2ccccc2O1. The average molecular weight is 263 g/mol. The van der Waals surface area contributed by atoms with Crippen LogP contribution in [0.3, 0.4) is 0 Å². The van der Waals surface area contributed by atoms with E-state index in [9.17, 15) is 4.79 Å². The second-order valence-electron chi connectivity index (χ2n) is 4.74. The van der Waals surface area contributed by atoms with E-state index in [4.69, 9.17) is 14.2 Å². The summed E-state index contributed by atoms with van der Waals surface area (Å²) < 4.78 is 16.6. The van der Waals surface area contributed by atoms with Crippen LogP contribution in [0.1, 0.15) is 12.8 Å². The predicted molar refractivity (Wildman–Crippen MR) is 68.3 cm³/mol. The minimum Gasteiger partial charge on any atom is -0.485 e. The molecule has 0 spiro atoms. The van der Waals surface area contributed by atoms with Gasteiger partial charge in [0.25, 0.3) is 5.91 Å². The number of benzene rings is 1. The third kappa shape index (κ3) is 2.81. The molecule has 19 heavy (non-hydrogen) atoms. The number of carbonyl (C=O) groups is 1. The van der Waals surface area contributed by atoms with Crippen molar-refractivity contribution in [1.82, 2.24) is 5.32 Å². The van der Waals surface area contributed by atoms with Gasteiger partial charge in [0.1, 0.15) is 6.61 Å². The highest BCUT2D eigenvalue weighted by Crippen LogP contribution is 2.30. The lowest BCUT2D eigenvalue weighted by molar-refractivity contribution is -0.130. The van der Waals surface area contributed by atoms with Gasteiger partial charge in [-0.2, -0.15) is 0 Å². The zero-order chi connectivity index (χ0) is 13.1. The lowest BCUT2D eigenvalue weighted by Crippen LogP contribution is -2.46. The van der Waals surface area contributed by atoms with Crippen molar-refractivity contribution in [3.05, 3.63) is 24.3 Å². The summed E-state index contributed by atoms with van der Waals surface area (Å²) in [5, 5.41) is 2.86. The maximum atomic E-state index is 12.0. The maximum absolute atomic E-state index is 12.0. The van der Waals surface area contributed by atoms with Gasteiger partial charge in [-0.05, 0) is 25.0 Å². The number of para-hydroxylation sites is 2. The van der Waals surface area contributed by atoms with E-state index in [-0.39, 0.29) is 18.6 Å². The summed E-state index contributed by atoms with van der Waals surface area (Å²) in [6, 6.07) is 7.36. The molecule has 2 atom stereocenters. The van der Waals surface area contributed by atoms with Crippen LogP contribution in [0.15, 0.2) is 24.3 Å². The van der Waals surface area contributed by atoms with Crippen molar-refractivity contribution >= 4 is 5.91 Å². The van der Waals surface area contributed by atoms with E-state index in [1.165, 1.54) is 0 Å². The number of hydrogen-bond donors (Lipinski definition) is 1. The van der Waals surface area contributed by atoms with Gasteiger partial charge in [-0.3, -0.25) is 4.79 Å². The van der Waals surface area contributed by atoms with E-state index >= 15 is 0 Å². The minimum atomic E-state index is -0.587. The molecule has 0 bridgehead atoms. The van der Waals surface area contributed by atoms with Crippen LogP contribution in [-0.2, 0) is 9.53 Å². The van der Waals surface area contributed by atoms with Crippen LogP contribution in [0.5, 0.6) is 11.5 Å². The van der Waals surface area contributed by atoms with Gasteiger partial charge in [0.15, 0.2) is 11.5 Å². The topological polar surface area (TPSA) is 56.8 Å². The molecular weight excluding hydrogens is 246 g/mol. The van der Waals surface area contributed by atoms with Gasteiger partial charge in [-0.1, -0.05) is 12.1 Å². The first kappa shape index (κ1) is 12.3. The molecule has 102 valence electrons. The smallest absolute Gasteiger partial charge is 0.264 e. The van der Waals surface area contributed by atoms with Crippen LogP contribution >= 0.6 is 0 Å². The molecule has 0 aliphatic carbocycles. The summed E-state index contributed by atoms with van der Waals surface area (Å²) in [7, 11) is 0. The predicted octanol–water partition coefficient (Wildman–Crippen LogP) is 1.12. The zero-order valence-electron chi connectivity index (χ0n) is 10.6. The Labute approximate surface area is 111 Å². The Morgan fingerprint density at radius 2 is 2.16 bits per heavy atom. The molecule has 2 aliphatic heterocycles. The van der Waals surface area contributed by atoms with E-state index in [0.717, 1.165) is 19.4 Å². The van der Waals surface area contributed by atoms with Gasteiger partial charge in [0.2, 0.25) is 6.10 Å². The van der Waals surface area contributed by atoms with Crippen LogP contribution in [0.2, 0.25) is 0 Å². The second-order valence-corrected chi connectivity index (χ2v) is 4.74. The Morgan fingerprint density at radius 1 is 1.32 bits per heavy atom. The Bertz CT molecular complexity index is 457. The van der Waals surface area contributed by atoms with Gasteiger partial charge in [-0.25, -0.2) is 0 Å². The molecule has 3 rings (SSSR count). The molecule has 0 saturated carbocycles. The van der Waals surface area contributed by atoms with Gasteiger partial charge in [-0.15, -0.1) is 0 Å². The van der Waals surface area contributed by atoms with E-state index in [1.54, 1.807) is 6.07 Å². The van der Waals surface area contributed by atoms with E-state index in [0.29, 0.717) is 18.0 Å². The van der Waals surface area contributed by atoms with Crippen molar-refractivity contribution in [1.29, 1.82) is 0 Å². The summed E-state index contributed by atoms with van der Waals surface area (Å²) in [5.41, 5.74) is 0. The maximum Gasteiger partial charge on any atom is 0.264 e. The molecular formula is C14H17NO4. The van der Waals surface area contributed by atoms with Crippen LogP contribution in [0.4, 0.5) is 0 Å². The van der Waals surface area contributed by atoms with Crippen molar-refractivity contribution in [3.63, 3.8) is 0 Å². The van der Waals surface area contributed by atoms with Gasteiger partial charge >= 0.3 is 0 Å². The van der Waals surface area contributed by atoms with Crippen LogP contribution in [-0.4, -0.2) is 37.9 Å². The summed E-state index contributed by atoms with van der Waals surface area (Å²) in [6.45, 7) is 1.58. The standard InChI is InChI=1S/C14H17NO4/c16-14(15-8-10-4-3-7-17-10)13-9-18-11-5-1-2-6-12(11)19-13/h1-2,5-6,10,13H,3-4,7-9H2,(H,15,16)/t10-,13+/m0/s1. The highest BCUT2D eigenvalue weighted by atomic mass is 16.6. The number of rotatable bonds is 3. The fourth-order valence-corrected chi connectivity index (χ4v) is 2.28. The molecule has 1 aromatic carbocycles. The first-order chi connectivity index (χ1) is 9.33. The molecule has 1 aromatic rings. The fraction of sp³-hybridized carbons (Fsp3) is 0.500. The molecule has 0 unspecified atom stereocenters. The lowest BCUT2D eigenvalue weighted by atomic mass is 10.2. The van der Waals surface area contributed by atoms with E-state index < -0.39 is 6.10 Å². The molecule has 0 radical (unpaired) electrons. The number of ether oxygens (including phenoxy) is 3. The quantitative estimate of drug-likeness (QED) is 0.888. The number of hydrogen-bond acceptors (Lipinski definition) is 4. The van der Waals surface area contributed by atoms with E-state index in [2.05, 4.69) is 5.32 Å². The molecule has 0 aromatic heterocycles. The molecule has 1 amide bonds. The van der Waals surface area contributed by atoms with Gasteiger partial charge < -0.3 is 19.5 Å². The molecule has 2 heterocycles. The Balaban J connectivity index is 1.54. The van der Waals surface area contributed by atoms with Crippen molar-refractivity contribution in [2.24, 2.45) is 0 Å². The Kier molecular flexibility index (Phi) is 3.55. The summed E-state index contributed by atoms with van der Waals surface area (Å²) in [5.74, 6) is 1.15. The number of fused-ring (bicyclic) bond motifs is 1. The Hall–Kier alpha value is -1.75. The number of nitrogens with one attached hydrogen (secondary N) is 1. The highest BCUT2D eigenvalue weighted by molar-refractivity contribution is 5.81. The minimum absolute atomic E-state index is 0.140. The Morgan fingerprint density at radius 3 is 2.95 bits per heavy atom. The van der Waals surface area contributed by atoms with Crippen LogP contribution in [0.25, 0.3) is 0 Å². The lowest BCUT2D eigenvalue weighted by Gasteiger charge is -2.25. The summed E-state index contributed by atoms with van der Waals surface area (Å²) >= 11 is 0. The van der Waals surface area contributed by atoms with Crippen molar-refractivity contribution < 1.29 is 19.0 Å². The number of amides is 1. The number of carbonyl (C=O) groups excluding carboxylic acids is 1. The van der Waals surface area contributed by atoms with Crippen LogP contribution < -0.4 is 14.8 Å². The third-order valence-corrected chi connectivity index (χ3v) is 3.33. The van der Waals surface area contributed by atoms with Gasteiger partial charge in [0.05, 0.1) is 6.10 Å². The fourth-order valence-electron chi connectivity index (χ4n) is 2.28. The first-order valence-electron chi connectivity index (χ1n) is 6.61. The largest absolute Gasteiger partial charge is 0.485 e. The molecule has 5 nitrogen and oxygen atoms in total. The highest BCUT2D eigenvalue weighted by Gasteiger charge is 2.28. The third-order valence-electron chi connectivity index (χ3n) is 3.33. The molecule has 5 heteroatoms. The second kappa shape index (κ2) is 5.48.